The van der Waals surface area contributed by atoms with Gasteiger partial charge in [-0.25, -0.2) is 0 Å². The molecule has 26 heavy (non-hydrogen) atoms. The van der Waals surface area contributed by atoms with Gasteiger partial charge in [0.05, 0.1) is 32.3 Å². The number of carbonyl (C=O) groups excluding carboxylic acids is 1. The first-order valence-corrected chi connectivity index (χ1v) is 8.55. The molecular formula is C20H21NO5. The van der Waals surface area contributed by atoms with Gasteiger partial charge in [0.15, 0.2) is 0 Å². The number of methoxy groups -OCH3 is 2. The molecule has 1 aliphatic carbocycles. The molecule has 0 saturated heterocycles. The van der Waals surface area contributed by atoms with Gasteiger partial charge in [-0.3, -0.25) is 4.79 Å². The summed E-state index contributed by atoms with van der Waals surface area (Å²) in [4.78, 5) is 11.2. The molecule has 136 valence electrons. The standard InChI is InChI=1S/C20H21NO5/c1-24-12-8-13(25-2)16-14(9-12)26-20-15(11-6-4-3-5-7-11)18(21-10-22)19(23)17(16)20/h3-10,15,17-20,23H,1-2H3,(H,21,22)/t15-,17?,18?,19+,20?/m1/s1. The highest BCUT2D eigenvalue weighted by Gasteiger charge is 2.57. The average molecular weight is 355 g/mol. The number of fused-ring (bicyclic) bond motifs is 3. The van der Waals surface area contributed by atoms with Crippen LogP contribution in [-0.4, -0.2) is 44.0 Å². The molecule has 1 aliphatic heterocycles. The predicted octanol–water partition coefficient (Wildman–Crippen LogP) is 1.82. The largest absolute Gasteiger partial charge is 0.496 e. The Morgan fingerprint density at radius 1 is 1.12 bits per heavy atom. The lowest BCUT2D eigenvalue weighted by Crippen LogP contribution is -2.40. The molecule has 1 fully saturated rings. The van der Waals surface area contributed by atoms with Crippen molar-refractivity contribution in [3.8, 4) is 17.2 Å². The zero-order valence-electron chi connectivity index (χ0n) is 14.6. The second kappa shape index (κ2) is 6.53. The maximum Gasteiger partial charge on any atom is 0.207 e. The molecule has 3 unspecified atom stereocenters. The van der Waals surface area contributed by atoms with Gasteiger partial charge in [0.25, 0.3) is 0 Å². The Bertz CT molecular complexity index is 809. The first-order chi connectivity index (χ1) is 12.7. The highest BCUT2D eigenvalue weighted by molar-refractivity contribution is 5.58. The van der Waals surface area contributed by atoms with Crippen molar-refractivity contribution >= 4 is 6.41 Å². The summed E-state index contributed by atoms with van der Waals surface area (Å²) in [5.74, 6) is 1.43. The monoisotopic (exact) mass is 355 g/mol. The number of amides is 1. The van der Waals surface area contributed by atoms with Gasteiger partial charge in [-0.2, -0.15) is 0 Å². The number of aliphatic hydroxyl groups excluding tert-OH is 1. The molecule has 0 bridgehead atoms. The van der Waals surface area contributed by atoms with Gasteiger partial charge in [0.2, 0.25) is 6.41 Å². The molecule has 6 nitrogen and oxygen atoms in total. The van der Waals surface area contributed by atoms with Crippen molar-refractivity contribution in [2.24, 2.45) is 0 Å². The predicted molar refractivity (Wildman–Crippen MR) is 94.9 cm³/mol. The molecule has 5 atom stereocenters. The van der Waals surface area contributed by atoms with Gasteiger partial charge >= 0.3 is 0 Å². The van der Waals surface area contributed by atoms with Gasteiger partial charge in [-0.05, 0) is 5.56 Å². The van der Waals surface area contributed by atoms with Gasteiger partial charge in [0, 0.05) is 23.6 Å². The quantitative estimate of drug-likeness (QED) is 0.800. The smallest absolute Gasteiger partial charge is 0.207 e. The fourth-order valence-corrected chi connectivity index (χ4v) is 4.33. The van der Waals surface area contributed by atoms with Crippen LogP contribution in [-0.2, 0) is 4.79 Å². The summed E-state index contributed by atoms with van der Waals surface area (Å²) in [6, 6.07) is 13.0. The zero-order chi connectivity index (χ0) is 18.3. The van der Waals surface area contributed by atoms with Crippen LogP contribution in [0.15, 0.2) is 42.5 Å². The minimum Gasteiger partial charge on any atom is -0.496 e. The molecule has 0 radical (unpaired) electrons. The van der Waals surface area contributed by atoms with E-state index in [-0.39, 0.29) is 17.9 Å². The Labute approximate surface area is 151 Å². The normalized spacial score (nSPS) is 28.7. The van der Waals surface area contributed by atoms with Gasteiger partial charge in [-0.15, -0.1) is 0 Å². The molecule has 2 aromatic rings. The molecule has 2 N–H and O–H groups in total. The lowest BCUT2D eigenvalue weighted by molar-refractivity contribution is -0.110. The number of hydrogen-bond donors (Lipinski definition) is 2. The number of rotatable bonds is 5. The fourth-order valence-electron chi connectivity index (χ4n) is 4.33. The van der Waals surface area contributed by atoms with Crippen molar-refractivity contribution in [3.63, 3.8) is 0 Å². The molecule has 2 aliphatic rings. The van der Waals surface area contributed by atoms with E-state index >= 15 is 0 Å². The summed E-state index contributed by atoms with van der Waals surface area (Å²) in [5.41, 5.74) is 1.83. The van der Waals surface area contributed by atoms with Crippen LogP contribution in [0.25, 0.3) is 0 Å². The Balaban J connectivity index is 1.82. The molecule has 0 spiro atoms. The summed E-state index contributed by atoms with van der Waals surface area (Å²) in [7, 11) is 3.17. The maximum absolute atomic E-state index is 11.2. The molecule has 1 saturated carbocycles. The number of hydrogen-bond acceptors (Lipinski definition) is 5. The van der Waals surface area contributed by atoms with Crippen molar-refractivity contribution in [1.29, 1.82) is 0 Å². The van der Waals surface area contributed by atoms with Crippen molar-refractivity contribution in [1.82, 2.24) is 5.32 Å². The Morgan fingerprint density at radius 3 is 2.54 bits per heavy atom. The highest BCUT2D eigenvalue weighted by Crippen LogP contribution is 2.56. The van der Waals surface area contributed by atoms with Crippen LogP contribution < -0.4 is 19.5 Å². The van der Waals surface area contributed by atoms with E-state index in [1.165, 1.54) is 0 Å². The van der Waals surface area contributed by atoms with E-state index in [0.29, 0.717) is 23.7 Å². The Hall–Kier alpha value is -2.73. The van der Waals surface area contributed by atoms with Crippen LogP contribution in [0.3, 0.4) is 0 Å². The van der Waals surface area contributed by atoms with Crippen LogP contribution in [0.1, 0.15) is 23.0 Å². The molecule has 1 amide bonds. The third kappa shape index (κ3) is 2.41. The summed E-state index contributed by atoms with van der Waals surface area (Å²) in [6.45, 7) is 0. The van der Waals surface area contributed by atoms with Crippen molar-refractivity contribution in [3.05, 3.63) is 53.6 Å². The number of carbonyl (C=O) groups is 1. The topological polar surface area (TPSA) is 77.0 Å². The molecule has 1 heterocycles. The van der Waals surface area contributed by atoms with Crippen LogP contribution in [0.5, 0.6) is 17.2 Å². The first-order valence-electron chi connectivity index (χ1n) is 8.55. The van der Waals surface area contributed by atoms with E-state index in [2.05, 4.69) is 5.32 Å². The third-order valence-electron chi connectivity index (χ3n) is 5.41. The van der Waals surface area contributed by atoms with Crippen LogP contribution in [0.2, 0.25) is 0 Å². The molecule has 0 aromatic heterocycles. The maximum atomic E-state index is 11.2. The van der Waals surface area contributed by atoms with E-state index in [9.17, 15) is 9.90 Å². The third-order valence-corrected chi connectivity index (χ3v) is 5.41. The van der Waals surface area contributed by atoms with Gasteiger partial charge in [0.1, 0.15) is 23.4 Å². The average Bonchev–Trinajstić information content (AvgIpc) is 3.17. The van der Waals surface area contributed by atoms with Crippen molar-refractivity contribution < 1.29 is 24.1 Å². The molecule has 4 rings (SSSR count). The summed E-state index contributed by atoms with van der Waals surface area (Å²) < 4.78 is 17.1. The zero-order valence-corrected chi connectivity index (χ0v) is 14.6. The lowest BCUT2D eigenvalue weighted by Gasteiger charge is -2.25. The van der Waals surface area contributed by atoms with Crippen LogP contribution >= 0.6 is 0 Å². The lowest BCUT2D eigenvalue weighted by atomic mass is 9.90. The molecule has 2 aromatic carbocycles. The Morgan fingerprint density at radius 2 is 1.88 bits per heavy atom. The van der Waals surface area contributed by atoms with Crippen LogP contribution in [0.4, 0.5) is 0 Å². The van der Waals surface area contributed by atoms with Crippen molar-refractivity contribution in [2.75, 3.05) is 14.2 Å². The first kappa shape index (κ1) is 16.7. The van der Waals surface area contributed by atoms with E-state index < -0.39 is 12.1 Å². The number of nitrogens with one attached hydrogen (secondary N) is 1. The van der Waals surface area contributed by atoms with Crippen molar-refractivity contribution in [2.45, 2.75) is 30.1 Å². The summed E-state index contributed by atoms with van der Waals surface area (Å²) in [6.07, 6.45) is -0.461. The van der Waals surface area contributed by atoms with Gasteiger partial charge < -0.3 is 24.6 Å². The van der Waals surface area contributed by atoms with Gasteiger partial charge in [-0.1, -0.05) is 30.3 Å². The van der Waals surface area contributed by atoms with E-state index in [0.717, 1.165) is 11.1 Å². The number of ether oxygens (including phenoxy) is 3. The minimum atomic E-state index is -0.793. The molecular weight excluding hydrogens is 334 g/mol. The van der Waals surface area contributed by atoms with E-state index in [4.69, 9.17) is 14.2 Å². The fraction of sp³-hybridized carbons (Fsp3) is 0.350. The van der Waals surface area contributed by atoms with E-state index in [1.807, 2.05) is 36.4 Å². The second-order valence-electron chi connectivity index (χ2n) is 6.59. The molecule has 6 heteroatoms. The SMILES string of the molecule is COc1cc(OC)c2c(c1)OC1C2[C@H](O)C(NC=O)[C@H]1c1ccccc1. The summed E-state index contributed by atoms with van der Waals surface area (Å²) in [5, 5.41) is 13.8. The second-order valence-corrected chi connectivity index (χ2v) is 6.59. The Kier molecular flexibility index (Phi) is 4.20. The highest BCUT2D eigenvalue weighted by atomic mass is 16.5. The number of aliphatic hydroxyl groups is 1. The van der Waals surface area contributed by atoms with Crippen LogP contribution in [0, 0.1) is 0 Å². The van der Waals surface area contributed by atoms with E-state index in [1.54, 1.807) is 20.3 Å². The number of benzene rings is 2. The minimum absolute atomic E-state index is 0.176. The summed E-state index contributed by atoms with van der Waals surface area (Å²) >= 11 is 0.